The predicted octanol–water partition coefficient (Wildman–Crippen LogP) is 5.27. The Morgan fingerprint density at radius 3 is 2.25 bits per heavy atom. The quantitative estimate of drug-likeness (QED) is 0.525. The number of halogens is 3. The van der Waals surface area contributed by atoms with Gasteiger partial charge in [-0.25, -0.2) is 4.98 Å². The van der Waals surface area contributed by atoms with E-state index >= 15 is 0 Å². The fourth-order valence-corrected chi connectivity index (χ4v) is 2.90. The molecule has 2 aromatic carbocycles. The van der Waals surface area contributed by atoms with Gasteiger partial charge in [-0.15, -0.1) is 0 Å². The lowest BCUT2D eigenvalue weighted by atomic mass is 10.1. The lowest BCUT2D eigenvalue weighted by Crippen LogP contribution is -2.14. The van der Waals surface area contributed by atoms with E-state index in [0.717, 1.165) is 12.1 Å². The van der Waals surface area contributed by atoms with Crippen LogP contribution in [0.3, 0.4) is 0 Å². The first-order valence-corrected chi connectivity index (χ1v) is 8.44. The van der Waals surface area contributed by atoms with Crippen LogP contribution in [0.4, 0.5) is 19.0 Å². The number of hydrogen-bond donors (Lipinski definition) is 1. The van der Waals surface area contributed by atoms with Crippen LogP contribution in [0.15, 0.2) is 79.0 Å². The third-order valence-electron chi connectivity index (χ3n) is 4.28. The van der Waals surface area contributed by atoms with Gasteiger partial charge in [-0.1, -0.05) is 36.4 Å². The second-order valence-corrected chi connectivity index (χ2v) is 6.13. The van der Waals surface area contributed by atoms with Gasteiger partial charge in [0, 0.05) is 17.3 Å². The summed E-state index contributed by atoms with van der Waals surface area (Å²) in [7, 11) is 0. The highest BCUT2D eigenvalue weighted by molar-refractivity contribution is 6.05. The van der Waals surface area contributed by atoms with Crippen molar-refractivity contribution >= 4 is 17.4 Å². The van der Waals surface area contributed by atoms with Crippen LogP contribution in [0.1, 0.15) is 15.9 Å². The number of rotatable bonds is 3. The Morgan fingerprint density at radius 2 is 1.57 bits per heavy atom. The van der Waals surface area contributed by atoms with E-state index in [1.807, 2.05) is 0 Å². The van der Waals surface area contributed by atoms with E-state index in [4.69, 9.17) is 0 Å². The molecule has 0 aliphatic heterocycles. The zero-order valence-corrected chi connectivity index (χ0v) is 14.4. The molecule has 4 aromatic rings. The molecule has 4 rings (SSSR count). The Kier molecular flexibility index (Phi) is 4.35. The second kappa shape index (κ2) is 6.84. The van der Waals surface area contributed by atoms with Crippen molar-refractivity contribution in [1.82, 2.24) is 9.38 Å². The van der Waals surface area contributed by atoms with Crippen LogP contribution in [0.2, 0.25) is 0 Å². The summed E-state index contributed by atoms with van der Waals surface area (Å²) in [6, 6.07) is 18.7. The molecule has 0 radical (unpaired) electrons. The highest BCUT2D eigenvalue weighted by Gasteiger charge is 2.30. The minimum absolute atomic E-state index is 0.334. The van der Waals surface area contributed by atoms with Crippen molar-refractivity contribution in [1.29, 1.82) is 0 Å². The van der Waals surface area contributed by atoms with Crippen molar-refractivity contribution < 1.29 is 18.0 Å². The molecule has 0 saturated heterocycles. The van der Waals surface area contributed by atoms with Gasteiger partial charge in [-0.2, -0.15) is 13.2 Å². The predicted molar refractivity (Wildman–Crippen MR) is 100 cm³/mol. The monoisotopic (exact) mass is 381 g/mol. The molecule has 4 nitrogen and oxygen atoms in total. The number of hydrogen-bond acceptors (Lipinski definition) is 2. The van der Waals surface area contributed by atoms with E-state index in [1.165, 1.54) is 12.1 Å². The maximum absolute atomic E-state index is 12.9. The summed E-state index contributed by atoms with van der Waals surface area (Å²) >= 11 is 0. The van der Waals surface area contributed by atoms with E-state index in [1.54, 1.807) is 59.1 Å². The van der Waals surface area contributed by atoms with E-state index < -0.39 is 11.7 Å². The molecule has 0 aliphatic rings. The van der Waals surface area contributed by atoms with Crippen molar-refractivity contribution in [2.75, 3.05) is 5.32 Å². The number of aromatic nitrogens is 2. The fraction of sp³-hybridized carbons (Fsp3) is 0.0476. The van der Waals surface area contributed by atoms with Crippen LogP contribution in [-0.4, -0.2) is 15.3 Å². The van der Waals surface area contributed by atoms with Crippen LogP contribution in [0, 0.1) is 0 Å². The number of benzene rings is 2. The molecular formula is C21H14F3N3O. The van der Waals surface area contributed by atoms with Gasteiger partial charge < -0.3 is 5.32 Å². The van der Waals surface area contributed by atoms with Crippen LogP contribution in [0.5, 0.6) is 0 Å². The summed E-state index contributed by atoms with van der Waals surface area (Å²) in [4.78, 5) is 17.1. The molecule has 140 valence electrons. The first-order chi connectivity index (χ1) is 13.4. The first kappa shape index (κ1) is 17.8. The van der Waals surface area contributed by atoms with Gasteiger partial charge in [-0.05, 0) is 36.4 Å². The summed E-state index contributed by atoms with van der Waals surface area (Å²) in [6.07, 6.45) is -2.68. The smallest absolute Gasteiger partial charge is 0.306 e. The molecule has 0 fully saturated rings. The van der Waals surface area contributed by atoms with E-state index in [-0.39, 0.29) is 5.91 Å². The number of alkyl halides is 3. The Balaban J connectivity index is 1.78. The third-order valence-corrected chi connectivity index (χ3v) is 4.28. The molecule has 2 aromatic heterocycles. The van der Waals surface area contributed by atoms with E-state index in [9.17, 15) is 18.0 Å². The SMILES string of the molecule is O=C(Nc1c(-c2ccc(C(F)(F)F)cc2)nc2ccccn12)c1ccccc1. The normalized spacial score (nSPS) is 11.5. The Labute approximate surface area is 158 Å². The van der Waals surface area contributed by atoms with Crippen LogP contribution in [-0.2, 0) is 6.18 Å². The summed E-state index contributed by atoms with van der Waals surface area (Å²) in [6.45, 7) is 0. The highest BCUT2D eigenvalue weighted by atomic mass is 19.4. The zero-order valence-electron chi connectivity index (χ0n) is 14.4. The average Bonchev–Trinajstić information content (AvgIpc) is 3.06. The van der Waals surface area contributed by atoms with Crippen molar-refractivity contribution in [3.63, 3.8) is 0 Å². The van der Waals surface area contributed by atoms with Gasteiger partial charge in [-0.3, -0.25) is 9.20 Å². The number of pyridine rings is 1. The number of fused-ring (bicyclic) bond motifs is 1. The average molecular weight is 381 g/mol. The molecule has 2 heterocycles. The maximum Gasteiger partial charge on any atom is 0.416 e. The number of imidazole rings is 1. The van der Waals surface area contributed by atoms with Gasteiger partial charge >= 0.3 is 6.18 Å². The van der Waals surface area contributed by atoms with Gasteiger partial charge in [0.25, 0.3) is 5.91 Å². The fourth-order valence-electron chi connectivity index (χ4n) is 2.90. The van der Waals surface area contributed by atoms with E-state index in [0.29, 0.717) is 28.3 Å². The zero-order chi connectivity index (χ0) is 19.7. The standard InChI is InChI=1S/C21H14F3N3O/c22-21(23,24)16-11-9-14(10-12-16)18-19(27-13-5-4-8-17(27)25-18)26-20(28)15-6-2-1-3-7-15/h1-13H,(H,26,28). The topological polar surface area (TPSA) is 46.4 Å². The Morgan fingerprint density at radius 1 is 0.893 bits per heavy atom. The number of anilines is 1. The van der Waals surface area contributed by atoms with Gasteiger partial charge in [0.2, 0.25) is 0 Å². The molecule has 0 unspecified atom stereocenters. The number of carbonyl (C=O) groups is 1. The molecule has 0 spiro atoms. The number of amides is 1. The van der Waals surface area contributed by atoms with Crippen LogP contribution < -0.4 is 5.32 Å². The van der Waals surface area contributed by atoms with Crippen molar-refractivity contribution in [3.8, 4) is 11.3 Å². The molecular weight excluding hydrogens is 367 g/mol. The largest absolute Gasteiger partial charge is 0.416 e. The van der Waals surface area contributed by atoms with Crippen molar-refractivity contribution in [2.45, 2.75) is 6.18 Å². The molecule has 0 atom stereocenters. The Hall–Kier alpha value is -3.61. The number of carbonyl (C=O) groups excluding carboxylic acids is 1. The molecule has 0 bridgehead atoms. The summed E-state index contributed by atoms with van der Waals surface area (Å²) < 4.78 is 40.2. The third kappa shape index (κ3) is 3.34. The highest BCUT2D eigenvalue weighted by Crippen LogP contribution is 2.33. The molecule has 0 aliphatic carbocycles. The first-order valence-electron chi connectivity index (χ1n) is 8.44. The summed E-state index contributed by atoms with van der Waals surface area (Å²) in [5.74, 6) is 0.0589. The summed E-state index contributed by atoms with van der Waals surface area (Å²) in [5, 5.41) is 2.83. The number of nitrogens with one attached hydrogen (secondary N) is 1. The minimum atomic E-state index is -4.41. The molecule has 1 amide bonds. The maximum atomic E-state index is 12.9. The van der Waals surface area contributed by atoms with Crippen molar-refractivity contribution in [2.24, 2.45) is 0 Å². The lowest BCUT2D eigenvalue weighted by Gasteiger charge is -2.09. The molecule has 0 saturated carbocycles. The molecule has 1 N–H and O–H groups in total. The molecule has 7 heteroatoms. The second-order valence-electron chi connectivity index (χ2n) is 6.13. The van der Waals surface area contributed by atoms with Crippen LogP contribution in [0.25, 0.3) is 16.9 Å². The van der Waals surface area contributed by atoms with Crippen molar-refractivity contribution in [3.05, 3.63) is 90.1 Å². The van der Waals surface area contributed by atoms with Gasteiger partial charge in [0.15, 0.2) is 0 Å². The minimum Gasteiger partial charge on any atom is -0.306 e. The van der Waals surface area contributed by atoms with Gasteiger partial charge in [0.1, 0.15) is 17.2 Å². The van der Waals surface area contributed by atoms with Crippen LogP contribution >= 0.6 is 0 Å². The van der Waals surface area contributed by atoms with E-state index in [2.05, 4.69) is 10.3 Å². The van der Waals surface area contributed by atoms with Gasteiger partial charge in [0.05, 0.1) is 5.56 Å². The molecule has 28 heavy (non-hydrogen) atoms. The lowest BCUT2D eigenvalue weighted by molar-refractivity contribution is -0.137. The summed E-state index contributed by atoms with van der Waals surface area (Å²) in [5.41, 5.74) is 1.16. The number of nitrogens with zero attached hydrogens (tertiary/aromatic N) is 2. The Bertz CT molecular complexity index is 1130.